The van der Waals surface area contributed by atoms with Gasteiger partial charge in [-0.15, -0.1) is 0 Å². The summed E-state index contributed by atoms with van der Waals surface area (Å²) in [7, 11) is 3.77. The van der Waals surface area contributed by atoms with Crippen molar-refractivity contribution in [2.75, 3.05) is 60.6 Å². The van der Waals surface area contributed by atoms with E-state index in [4.69, 9.17) is 14.2 Å². The van der Waals surface area contributed by atoms with Crippen molar-refractivity contribution in [1.82, 2.24) is 14.7 Å². The minimum absolute atomic E-state index is 0.191. The van der Waals surface area contributed by atoms with Crippen LogP contribution in [0, 0.1) is 0 Å². The van der Waals surface area contributed by atoms with Gasteiger partial charge in [-0.05, 0) is 0 Å². The van der Waals surface area contributed by atoms with Crippen molar-refractivity contribution >= 4 is 17.9 Å². The van der Waals surface area contributed by atoms with E-state index in [0.29, 0.717) is 0 Å². The van der Waals surface area contributed by atoms with E-state index in [1.165, 1.54) is 36.0 Å². The van der Waals surface area contributed by atoms with Gasteiger partial charge in [0.05, 0.1) is 0 Å². The second-order valence-electron chi connectivity index (χ2n) is 5.89. The number of carboxylic acid groups (broad SMARTS) is 3. The highest BCUT2D eigenvalue weighted by atomic mass is 16.5. The van der Waals surface area contributed by atoms with Crippen LogP contribution in [0.15, 0.2) is 0 Å². The van der Waals surface area contributed by atoms with Crippen molar-refractivity contribution < 1.29 is 43.9 Å². The third-order valence-electron chi connectivity index (χ3n) is 4.32. The Bertz CT molecular complexity index is 435. The topological polar surface area (TPSA) is 149 Å². The number of carboxylic acids is 3. The molecule has 1 rings (SSSR count). The second-order valence-corrected chi connectivity index (χ2v) is 5.89. The first-order valence-electron chi connectivity index (χ1n) is 8.25. The van der Waals surface area contributed by atoms with Gasteiger partial charge in [0.15, 0.2) is 0 Å². The fourth-order valence-electron chi connectivity index (χ4n) is 3.03. The number of nitrogens with zero attached hydrogens (tertiary/aromatic N) is 3. The predicted molar refractivity (Wildman–Crippen MR) is 90.0 cm³/mol. The van der Waals surface area contributed by atoms with Crippen LogP contribution < -0.4 is 0 Å². The number of carbonyl (C=O) groups is 3. The van der Waals surface area contributed by atoms with Gasteiger partial charge in [0.2, 0.25) is 18.7 Å². The summed E-state index contributed by atoms with van der Waals surface area (Å²) in [6.45, 7) is 1.15. The van der Waals surface area contributed by atoms with E-state index in [1.807, 2.05) is 0 Å². The van der Waals surface area contributed by atoms with E-state index in [-0.39, 0.29) is 39.3 Å². The maximum Gasteiger partial charge on any atom is 0.348 e. The first-order valence-corrected chi connectivity index (χ1v) is 8.25. The highest BCUT2D eigenvalue weighted by Gasteiger charge is 2.34. The Labute approximate surface area is 156 Å². The van der Waals surface area contributed by atoms with Crippen molar-refractivity contribution in [3.63, 3.8) is 0 Å². The molecule has 0 radical (unpaired) electrons. The van der Waals surface area contributed by atoms with Crippen molar-refractivity contribution in [3.05, 3.63) is 0 Å². The standard InChI is InChI=1S/C15H27N3O9/c1-25-10(13(19)20)16-4-6-17(11(26-2)14(21)22)8-9-18(7-5-16)12(27-3)15(23)24/h10-12H,4-9H2,1-3H3,(H,19,20)(H,21,22)(H,23,24). The molecule has 0 aromatic heterocycles. The largest absolute Gasteiger partial charge is 0.478 e. The summed E-state index contributed by atoms with van der Waals surface area (Å²) >= 11 is 0. The van der Waals surface area contributed by atoms with E-state index in [0.717, 1.165) is 0 Å². The van der Waals surface area contributed by atoms with Crippen molar-refractivity contribution in [2.24, 2.45) is 0 Å². The third-order valence-corrected chi connectivity index (χ3v) is 4.32. The summed E-state index contributed by atoms with van der Waals surface area (Å²) in [5.41, 5.74) is 0. The molecule has 156 valence electrons. The number of rotatable bonds is 9. The lowest BCUT2D eigenvalue weighted by Gasteiger charge is -2.31. The Morgan fingerprint density at radius 1 is 0.593 bits per heavy atom. The summed E-state index contributed by atoms with van der Waals surface area (Å²) in [4.78, 5) is 38.8. The highest BCUT2D eigenvalue weighted by Crippen LogP contribution is 2.11. The molecule has 27 heavy (non-hydrogen) atoms. The van der Waals surface area contributed by atoms with Crippen molar-refractivity contribution in [2.45, 2.75) is 18.7 Å². The highest BCUT2D eigenvalue weighted by molar-refractivity contribution is 5.72. The maximum absolute atomic E-state index is 11.4. The quantitative estimate of drug-likeness (QED) is 0.401. The van der Waals surface area contributed by atoms with Gasteiger partial charge in [-0.3, -0.25) is 14.7 Å². The van der Waals surface area contributed by atoms with Crippen molar-refractivity contribution in [3.8, 4) is 0 Å². The Morgan fingerprint density at radius 2 is 0.778 bits per heavy atom. The lowest BCUT2D eigenvalue weighted by atomic mass is 10.3. The zero-order valence-corrected chi connectivity index (χ0v) is 15.6. The van der Waals surface area contributed by atoms with E-state index in [9.17, 15) is 29.7 Å². The lowest BCUT2D eigenvalue weighted by Crippen LogP contribution is -2.50. The minimum Gasteiger partial charge on any atom is -0.478 e. The lowest BCUT2D eigenvalue weighted by molar-refractivity contribution is -0.165. The van der Waals surface area contributed by atoms with Gasteiger partial charge >= 0.3 is 17.9 Å². The molecule has 0 spiro atoms. The number of hydrogen-bond donors (Lipinski definition) is 3. The van der Waals surface area contributed by atoms with Crippen LogP contribution in [-0.4, -0.2) is 127 Å². The molecule has 0 aromatic carbocycles. The molecule has 12 nitrogen and oxygen atoms in total. The van der Waals surface area contributed by atoms with Gasteiger partial charge in [0, 0.05) is 60.6 Å². The molecule has 0 aromatic rings. The van der Waals surface area contributed by atoms with E-state index < -0.39 is 36.6 Å². The molecular weight excluding hydrogens is 366 g/mol. The Balaban J connectivity index is 3.11. The van der Waals surface area contributed by atoms with Crippen LogP contribution in [0.3, 0.4) is 0 Å². The number of aliphatic carboxylic acids is 3. The maximum atomic E-state index is 11.4. The zero-order chi connectivity index (χ0) is 20.6. The molecule has 1 aliphatic heterocycles. The van der Waals surface area contributed by atoms with Gasteiger partial charge in [0.1, 0.15) is 0 Å². The summed E-state index contributed by atoms with van der Waals surface area (Å²) in [5.74, 6) is -3.59. The molecule has 1 fully saturated rings. The normalized spacial score (nSPS) is 21.4. The van der Waals surface area contributed by atoms with E-state index in [2.05, 4.69) is 0 Å². The Morgan fingerprint density at radius 3 is 0.889 bits per heavy atom. The summed E-state index contributed by atoms with van der Waals surface area (Å²) in [5, 5.41) is 28.0. The number of methoxy groups -OCH3 is 3. The molecule has 3 atom stereocenters. The fraction of sp³-hybridized carbons (Fsp3) is 0.800. The van der Waals surface area contributed by atoms with E-state index in [1.54, 1.807) is 0 Å². The van der Waals surface area contributed by atoms with Gasteiger partial charge < -0.3 is 29.5 Å². The first kappa shape index (κ1) is 23.2. The second kappa shape index (κ2) is 11.1. The molecular formula is C15H27N3O9. The molecule has 1 saturated heterocycles. The van der Waals surface area contributed by atoms with Crippen LogP contribution in [0.2, 0.25) is 0 Å². The van der Waals surface area contributed by atoms with Crippen LogP contribution in [0.1, 0.15) is 0 Å². The summed E-state index contributed by atoms with van der Waals surface area (Å²) in [6.07, 6.45) is -3.74. The average molecular weight is 393 g/mol. The smallest absolute Gasteiger partial charge is 0.348 e. The van der Waals surface area contributed by atoms with Gasteiger partial charge in [-0.1, -0.05) is 0 Å². The summed E-state index contributed by atoms with van der Waals surface area (Å²) in [6, 6.07) is 0. The molecule has 0 aliphatic carbocycles. The first-order chi connectivity index (χ1) is 12.8. The van der Waals surface area contributed by atoms with Gasteiger partial charge in [0.25, 0.3) is 0 Å². The molecule has 1 aliphatic rings. The summed E-state index contributed by atoms with van der Waals surface area (Å²) < 4.78 is 15.1. The van der Waals surface area contributed by atoms with Crippen LogP contribution in [0.4, 0.5) is 0 Å². The molecule has 12 heteroatoms. The van der Waals surface area contributed by atoms with Gasteiger partial charge in [-0.2, -0.15) is 0 Å². The van der Waals surface area contributed by atoms with Crippen LogP contribution in [0.5, 0.6) is 0 Å². The SMILES string of the molecule is COC(C(=O)O)N1CCN(C(OC)C(=O)O)CCN(C(OC)C(=O)O)CC1. The fourth-order valence-corrected chi connectivity index (χ4v) is 3.03. The monoisotopic (exact) mass is 393 g/mol. The van der Waals surface area contributed by atoms with Crippen molar-refractivity contribution in [1.29, 1.82) is 0 Å². The molecule has 0 bridgehead atoms. The third kappa shape index (κ3) is 6.37. The minimum atomic E-state index is -1.25. The van der Waals surface area contributed by atoms with E-state index >= 15 is 0 Å². The molecule has 0 saturated carbocycles. The van der Waals surface area contributed by atoms with Crippen LogP contribution in [-0.2, 0) is 28.6 Å². The Kier molecular flexibility index (Phi) is 9.55. The molecule has 3 N–H and O–H groups in total. The number of hydrogen-bond acceptors (Lipinski definition) is 9. The number of ether oxygens (including phenoxy) is 3. The molecule has 0 amide bonds. The predicted octanol–water partition coefficient (Wildman–Crippen LogP) is -1.92. The van der Waals surface area contributed by atoms with Gasteiger partial charge in [-0.25, -0.2) is 14.4 Å². The van der Waals surface area contributed by atoms with Crippen LogP contribution >= 0.6 is 0 Å². The Hall–Kier alpha value is -1.83. The zero-order valence-electron chi connectivity index (χ0n) is 15.6. The average Bonchev–Trinajstić information content (AvgIpc) is 2.69. The van der Waals surface area contributed by atoms with Crippen LogP contribution in [0.25, 0.3) is 0 Å². The molecule has 3 unspecified atom stereocenters. The molecule has 1 heterocycles.